The van der Waals surface area contributed by atoms with Crippen LogP contribution in [0.1, 0.15) is 27.7 Å². The van der Waals surface area contributed by atoms with Gasteiger partial charge in [0.25, 0.3) is 0 Å². The lowest BCUT2D eigenvalue weighted by atomic mass is 10.2. The van der Waals surface area contributed by atoms with E-state index >= 15 is 0 Å². The molecule has 0 aromatic carbocycles. The maximum Gasteiger partial charge on any atom is 0.407 e. The van der Waals surface area contributed by atoms with Crippen LogP contribution in [0, 0.1) is 0 Å². The van der Waals surface area contributed by atoms with Crippen molar-refractivity contribution in [1.82, 2.24) is 10.6 Å². The highest BCUT2D eigenvalue weighted by Gasteiger charge is 2.16. The van der Waals surface area contributed by atoms with E-state index in [0.29, 0.717) is 32.8 Å². The van der Waals surface area contributed by atoms with E-state index < -0.39 is 11.7 Å². The van der Waals surface area contributed by atoms with Gasteiger partial charge in [-0.1, -0.05) is 12.2 Å². The maximum atomic E-state index is 11.5. The minimum absolute atomic E-state index is 0.00375. The van der Waals surface area contributed by atoms with Gasteiger partial charge in [0.15, 0.2) is 0 Å². The molecule has 6 nitrogen and oxygen atoms in total. The lowest BCUT2D eigenvalue weighted by molar-refractivity contribution is 0.0522. The summed E-state index contributed by atoms with van der Waals surface area (Å²) in [6.07, 6.45) is -0.434. The van der Waals surface area contributed by atoms with Gasteiger partial charge in [0.05, 0.1) is 13.2 Å². The van der Waals surface area contributed by atoms with E-state index in [-0.39, 0.29) is 6.04 Å². The molecule has 0 spiro atoms. The normalized spacial score (nSPS) is 12.8. The van der Waals surface area contributed by atoms with Crippen molar-refractivity contribution in [3.63, 3.8) is 0 Å². The zero-order valence-electron chi connectivity index (χ0n) is 13.1. The second-order valence-electron chi connectivity index (χ2n) is 5.78. The molecule has 0 saturated heterocycles. The number of hydrogen-bond donors (Lipinski definition) is 3. The van der Waals surface area contributed by atoms with Crippen molar-refractivity contribution in [3.05, 3.63) is 12.2 Å². The zero-order valence-corrected chi connectivity index (χ0v) is 13.1. The third kappa shape index (κ3) is 12.0. The minimum Gasteiger partial charge on any atom is -0.444 e. The largest absolute Gasteiger partial charge is 0.444 e. The van der Waals surface area contributed by atoms with Gasteiger partial charge in [-0.05, 0) is 27.7 Å². The van der Waals surface area contributed by atoms with Crippen molar-refractivity contribution in [1.29, 1.82) is 0 Å². The van der Waals surface area contributed by atoms with Crippen LogP contribution in [-0.2, 0) is 9.47 Å². The first-order valence-corrected chi connectivity index (χ1v) is 6.87. The Labute approximate surface area is 122 Å². The summed E-state index contributed by atoms with van der Waals surface area (Å²) in [4.78, 5) is 11.5. The van der Waals surface area contributed by atoms with Crippen LogP contribution in [0.5, 0.6) is 0 Å². The van der Waals surface area contributed by atoms with Crippen molar-refractivity contribution < 1.29 is 14.3 Å². The summed E-state index contributed by atoms with van der Waals surface area (Å²) < 4.78 is 10.5. The second kappa shape index (κ2) is 9.74. The molecule has 118 valence electrons. The van der Waals surface area contributed by atoms with Crippen LogP contribution < -0.4 is 16.4 Å². The molecule has 0 aliphatic rings. The number of carbonyl (C=O) groups is 1. The SMILES string of the molecule is C=C(C)COCCNC(CN)CNC(=O)OC(C)(C)C. The van der Waals surface area contributed by atoms with Gasteiger partial charge in [0.2, 0.25) is 0 Å². The van der Waals surface area contributed by atoms with E-state index in [0.717, 1.165) is 5.57 Å². The molecule has 0 radical (unpaired) electrons. The van der Waals surface area contributed by atoms with Crippen LogP contribution in [0.2, 0.25) is 0 Å². The van der Waals surface area contributed by atoms with Crippen LogP contribution in [0.15, 0.2) is 12.2 Å². The Balaban J connectivity index is 3.76. The Bertz CT molecular complexity index is 301. The first kappa shape index (κ1) is 18.9. The molecule has 0 fully saturated rings. The monoisotopic (exact) mass is 287 g/mol. The van der Waals surface area contributed by atoms with Gasteiger partial charge >= 0.3 is 6.09 Å². The maximum absolute atomic E-state index is 11.5. The van der Waals surface area contributed by atoms with Crippen LogP contribution in [0.25, 0.3) is 0 Å². The molecule has 0 heterocycles. The third-order valence-electron chi connectivity index (χ3n) is 2.20. The van der Waals surface area contributed by atoms with Crippen LogP contribution in [-0.4, -0.2) is 50.6 Å². The number of carbonyl (C=O) groups excluding carboxylic acids is 1. The summed E-state index contributed by atoms with van der Waals surface area (Å²) in [6, 6.07) is -0.00375. The molecular weight excluding hydrogens is 258 g/mol. The Hall–Kier alpha value is -1.11. The molecule has 0 saturated carbocycles. The molecule has 1 atom stereocenters. The van der Waals surface area contributed by atoms with Crippen molar-refractivity contribution in [2.75, 3.05) is 32.8 Å². The average Bonchev–Trinajstić information content (AvgIpc) is 2.30. The van der Waals surface area contributed by atoms with E-state index in [1.807, 2.05) is 27.7 Å². The molecule has 4 N–H and O–H groups in total. The summed E-state index contributed by atoms with van der Waals surface area (Å²) in [5, 5.41) is 5.90. The number of ether oxygens (including phenoxy) is 2. The lowest BCUT2D eigenvalue weighted by Gasteiger charge is -2.22. The quantitative estimate of drug-likeness (QED) is 0.435. The highest BCUT2D eigenvalue weighted by molar-refractivity contribution is 5.67. The Morgan fingerprint density at radius 1 is 1.40 bits per heavy atom. The Kier molecular flexibility index (Phi) is 9.20. The number of amides is 1. The molecule has 0 bridgehead atoms. The fourth-order valence-corrected chi connectivity index (χ4v) is 1.34. The van der Waals surface area contributed by atoms with E-state index in [1.54, 1.807) is 0 Å². The number of alkyl carbamates (subject to hydrolysis) is 1. The Morgan fingerprint density at radius 3 is 2.55 bits per heavy atom. The molecule has 0 aromatic rings. The highest BCUT2D eigenvalue weighted by Crippen LogP contribution is 2.06. The summed E-state index contributed by atoms with van der Waals surface area (Å²) in [7, 11) is 0. The summed E-state index contributed by atoms with van der Waals surface area (Å²) in [5.74, 6) is 0. The van der Waals surface area contributed by atoms with E-state index in [9.17, 15) is 4.79 Å². The highest BCUT2D eigenvalue weighted by atomic mass is 16.6. The summed E-state index contributed by atoms with van der Waals surface area (Å²) in [6.45, 7) is 13.8. The Morgan fingerprint density at radius 2 is 2.05 bits per heavy atom. The molecule has 1 unspecified atom stereocenters. The van der Waals surface area contributed by atoms with Crippen molar-refractivity contribution in [2.45, 2.75) is 39.3 Å². The van der Waals surface area contributed by atoms with E-state index in [1.165, 1.54) is 0 Å². The lowest BCUT2D eigenvalue weighted by Crippen LogP contribution is -2.47. The molecule has 20 heavy (non-hydrogen) atoms. The van der Waals surface area contributed by atoms with Gasteiger partial charge in [-0.3, -0.25) is 0 Å². The fourth-order valence-electron chi connectivity index (χ4n) is 1.34. The van der Waals surface area contributed by atoms with Crippen LogP contribution in [0.3, 0.4) is 0 Å². The molecule has 0 aromatic heterocycles. The van der Waals surface area contributed by atoms with Gasteiger partial charge in [0.1, 0.15) is 5.60 Å². The van der Waals surface area contributed by atoms with Crippen molar-refractivity contribution >= 4 is 6.09 Å². The molecule has 1 amide bonds. The first-order chi connectivity index (χ1) is 9.24. The number of rotatable bonds is 9. The molecular formula is C14H29N3O3. The number of nitrogens with one attached hydrogen (secondary N) is 2. The third-order valence-corrected chi connectivity index (χ3v) is 2.20. The minimum atomic E-state index is -0.494. The number of nitrogens with two attached hydrogens (primary N) is 1. The van der Waals surface area contributed by atoms with Gasteiger partial charge < -0.3 is 25.8 Å². The fraction of sp³-hybridized carbons (Fsp3) is 0.786. The van der Waals surface area contributed by atoms with Gasteiger partial charge in [-0.15, -0.1) is 0 Å². The number of hydrogen-bond acceptors (Lipinski definition) is 5. The smallest absolute Gasteiger partial charge is 0.407 e. The van der Waals surface area contributed by atoms with Gasteiger partial charge in [-0.2, -0.15) is 0 Å². The standard InChI is InChI=1S/C14H29N3O3/c1-11(2)10-19-7-6-16-12(8-15)9-17-13(18)20-14(3,4)5/h12,16H,1,6-10,15H2,2-5H3,(H,17,18). The van der Waals surface area contributed by atoms with E-state index in [4.69, 9.17) is 15.2 Å². The van der Waals surface area contributed by atoms with Gasteiger partial charge in [-0.25, -0.2) is 4.79 Å². The predicted octanol–water partition coefficient (Wildman–Crippen LogP) is 1.02. The van der Waals surface area contributed by atoms with Gasteiger partial charge in [0, 0.05) is 25.7 Å². The molecule has 0 rings (SSSR count). The van der Waals surface area contributed by atoms with Crippen LogP contribution >= 0.6 is 0 Å². The molecule has 0 aliphatic carbocycles. The van der Waals surface area contributed by atoms with Crippen molar-refractivity contribution in [2.24, 2.45) is 5.73 Å². The zero-order chi connectivity index (χ0) is 15.6. The molecule has 6 heteroatoms. The topological polar surface area (TPSA) is 85.6 Å². The van der Waals surface area contributed by atoms with E-state index in [2.05, 4.69) is 17.2 Å². The summed E-state index contributed by atoms with van der Waals surface area (Å²) >= 11 is 0. The van der Waals surface area contributed by atoms with Crippen LogP contribution in [0.4, 0.5) is 4.79 Å². The second-order valence-corrected chi connectivity index (χ2v) is 5.78. The van der Waals surface area contributed by atoms with Crippen molar-refractivity contribution in [3.8, 4) is 0 Å². The first-order valence-electron chi connectivity index (χ1n) is 6.87. The average molecular weight is 287 g/mol. The predicted molar refractivity (Wildman–Crippen MR) is 80.7 cm³/mol. The molecule has 0 aliphatic heterocycles. The summed E-state index contributed by atoms with van der Waals surface area (Å²) in [5.41, 5.74) is 6.14.